The quantitative estimate of drug-likeness (QED) is 0.257. The number of carboxylic acid groups (broad SMARTS) is 1. The van der Waals surface area contributed by atoms with E-state index in [-0.39, 0.29) is 53.9 Å². The molecule has 10 heteroatoms. The molecule has 1 amide bonds. The number of rotatable bonds is 8. The van der Waals surface area contributed by atoms with Crippen molar-refractivity contribution in [2.75, 3.05) is 24.3 Å². The van der Waals surface area contributed by atoms with Crippen LogP contribution in [0.3, 0.4) is 0 Å². The van der Waals surface area contributed by atoms with Crippen LogP contribution in [0.4, 0.5) is 11.4 Å². The summed E-state index contributed by atoms with van der Waals surface area (Å²) in [7, 11) is 0. The van der Waals surface area contributed by atoms with Gasteiger partial charge in [-0.1, -0.05) is 35.3 Å². The van der Waals surface area contributed by atoms with Gasteiger partial charge in [-0.3, -0.25) is 4.79 Å². The zero-order valence-electron chi connectivity index (χ0n) is 16.1. The van der Waals surface area contributed by atoms with Gasteiger partial charge in [0.25, 0.3) is 5.91 Å². The van der Waals surface area contributed by atoms with Crippen LogP contribution in [-0.2, 0) is 0 Å². The number of aromatic carboxylic acids is 1. The Morgan fingerprint density at radius 2 is 1.66 bits per heavy atom. The molecular formula is C22H19Cl2LiN2O5. The molecule has 162 valence electrons. The Bertz CT molecular complexity index is 1130. The van der Waals surface area contributed by atoms with Gasteiger partial charge in [0.2, 0.25) is 0 Å². The number of carbonyl (C=O) groups is 2. The summed E-state index contributed by atoms with van der Waals surface area (Å²) in [5.41, 5.74) is 6.45. The standard InChI is InChI=1S/C22H18Cl2N2O5.Li.H/c23-13-5-7-15(17(24)11-13)21(27)26-19-8-6-14(12-16(19)22(28)29)30-9-10-31-20-4-2-1-3-18(20)25;;/h1-8,11-12H,9-10,25H2,(H,26,27)(H,28,29);;. The summed E-state index contributed by atoms with van der Waals surface area (Å²) in [5.74, 6) is -0.941. The Balaban J connectivity index is 0.00000363. The van der Waals surface area contributed by atoms with Crippen LogP contribution < -0.4 is 20.5 Å². The molecule has 0 aliphatic rings. The van der Waals surface area contributed by atoms with Crippen molar-refractivity contribution < 1.29 is 24.2 Å². The third-order valence-electron chi connectivity index (χ3n) is 4.17. The predicted octanol–water partition coefficient (Wildman–Crippen LogP) is 4.34. The summed E-state index contributed by atoms with van der Waals surface area (Å²) in [6.07, 6.45) is 0. The number of benzene rings is 3. The molecule has 4 N–H and O–H groups in total. The monoisotopic (exact) mass is 468 g/mol. The van der Waals surface area contributed by atoms with Crippen molar-refractivity contribution in [1.82, 2.24) is 0 Å². The van der Waals surface area contributed by atoms with E-state index in [1.165, 1.54) is 30.3 Å². The molecular weight excluding hydrogens is 450 g/mol. The minimum atomic E-state index is -1.23. The summed E-state index contributed by atoms with van der Waals surface area (Å²) >= 11 is 11.9. The van der Waals surface area contributed by atoms with Gasteiger partial charge >= 0.3 is 24.8 Å². The molecule has 3 aromatic carbocycles. The Kier molecular flexibility index (Phi) is 9.30. The van der Waals surface area contributed by atoms with Gasteiger partial charge in [-0.25, -0.2) is 4.79 Å². The zero-order chi connectivity index (χ0) is 22.4. The predicted molar refractivity (Wildman–Crippen MR) is 127 cm³/mol. The molecule has 3 aromatic rings. The van der Waals surface area contributed by atoms with Crippen molar-refractivity contribution in [1.29, 1.82) is 0 Å². The minimum absolute atomic E-state index is 0. The summed E-state index contributed by atoms with van der Waals surface area (Å²) in [4.78, 5) is 24.2. The van der Waals surface area contributed by atoms with E-state index in [1.54, 1.807) is 30.3 Å². The average molecular weight is 469 g/mol. The molecule has 0 heterocycles. The topological polar surface area (TPSA) is 111 Å². The van der Waals surface area contributed by atoms with Crippen molar-refractivity contribution >= 4 is 65.3 Å². The number of carboxylic acids is 1. The van der Waals surface area contributed by atoms with E-state index in [4.69, 9.17) is 38.4 Å². The normalized spacial score (nSPS) is 10.1. The summed E-state index contributed by atoms with van der Waals surface area (Å²) in [6, 6.07) is 15.8. The number of ether oxygens (including phenoxy) is 2. The number of nitrogens with two attached hydrogens (primary N) is 1. The molecule has 0 spiro atoms. The molecule has 0 radical (unpaired) electrons. The van der Waals surface area contributed by atoms with Crippen molar-refractivity contribution in [3.05, 3.63) is 81.8 Å². The van der Waals surface area contributed by atoms with Gasteiger partial charge in [-0.15, -0.1) is 0 Å². The first-order chi connectivity index (χ1) is 14.8. The van der Waals surface area contributed by atoms with Gasteiger partial charge in [-0.2, -0.15) is 0 Å². The van der Waals surface area contributed by atoms with Gasteiger partial charge in [0.1, 0.15) is 24.7 Å². The van der Waals surface area contributed by atoms with Crippen molar-refractivity contribution in [2.45, 2.75) is 0 Å². The first-order valence-corrected chi connectivity index (χ1v) is 9.84. The van der Waals surface area contributed by atoms with Crippen LogP contribution in [-0.4, -0.2) is 49.1 Å². The SMILES string of the molecule is Nc1ccccc1OCCOc1ccc(NC(=O)c2ccc(Cl)cc2Cl)c(C(=O)O)c1.[LiH]. The third-order valence-corrected chi connectivity index (χ3v) is 4.72. The number of para-hydroxylation sites is 2. The zero-order valence-corrected chi connectivity index (χ0v) is 17.6. The van der Waals surface area contributed by atoms with Crippen LogP contribution >= 0.6 is 23.2 Å². The molecule has 0 atom stereocenters. The number of nitrogens with one attached hydrogen (secondary N) is 1. The fraction of sp³-hybridized carbons (Fsp3) is 0.0909. The molecule has 3 rings (SSSR count). The molecule has 7 nitrogen and oxygen atoms in total. The van der Waals surface area contributed by atoms with Gasteiger partial charge in [-0.05, 0) is 48.5 Å². The Labute approximate surface area is 206 Å². The molecule has 0 fully saturated rings. The van der Waals surface area contributed by atoms with Crippen LogP contribution in [0.15, 0.2) is 60.7 Å². The van der Waals surface area contributed by atoms with E-state index in [2.05, 4.69) is 5.32 Å². The van der Waals surface area contributed by atoms with Gasteiger partial charge < -0.3 is 25.6 Å². The molecule has 0 aromatic heterocycles. The number of anilines is 2. The number of carbonyl (C=O) groups excluding carboxylic acids is 1. The summed E-state index contributed by atoms with van der Waals surface area (Å²) in [6.45, 7) is 0.379. The second kappa shape index (κ2) is 11.7. The third kappa shape index (κ3) is 6.59. The van der Waals surface area contributed by atoms with E-state index >= 15 is 0 Å². The maximum absolute atomic E-state index is 12.5. The van der Waals surface area contributed by atoms with Gasteiger partial charge in [0, 0.05) is 5.02 Å². The van der Waals surface area contributed by atoms with Crippen molar-refractivity contribution in [3.63, 3.8) is 0 Å². The van der Waals surface area contributed by atoms with E-state index in [9.17, 15) is 14.7 Å². The molecule has 0 unspecified atom stereocenters. The number of amides is 1. The van der Waals surface area contributed by atoms with E-state index in [1.807, 2.05) is 0 Å². The summed E-state index contributed by atoms with van der Waals surface area (Å²) < 4.78 is 11.1. The van der Waals surface area contributed by atoms with E-state index in [0.717, 1.165) is 0 Å². The van der Waals surface area contributed by atoms with Crippen LogP contribution in [0.5, 0.6) is 11.5 Å². The average Bonchev–Trinajstić information content (AvgIpc) is 2.73. The van der Waals surface area contributed by atoms with Crippen molar-refractivity contribution in [2.24, 2.45) is 0 Å². The molecule has 0 saturated heterocycles. The number of hydrogen-bond donors (Lipinski definition) is 3. The van der Waals surface area contributed by atoms with E-state index < -0.39 is 11.9 Å². The number of hydrogen-bond acceptors (Lipinski definition) is 5. The molecule has 0 aliphatic heterocycles. The Hall–Kier alpha value is -2.82. The fourth-order valence-electron chi connectivity index (χ4n) is 2.69. The van der Waals surface area contributed by atoms with Gasteiger partial charge in [0.15, 0.2) is 0 Å². The number of halogens is 2. The molecule has 0 saturated carbocycles. The van der Waals surface area contributed by atoms with E-state index in [0.29, 0.717) is 22.2 Å². The second-order valence-electron chi connectivity index (χ2n) is 6.33. The maximum atomic E-state index is 12.5. The molecule has 0 bridgehead atoms. The van der Waals surface area contributed by atoms with Crippen LogP contribution in [0.25, 0.3) is 0 Å². The first kappa shape index (κ1) is 25.4. The second-order valence-corrected chi connectivity index (χ2v) is 7.17. The summed E-state index contributed by atoms with van der Waals surface area (Å²) in [5, 5.41) is 12.6. The Morgan fingerprint density at radius 1 is 0.938 bits per heavy atom. The van der Waals surface area contributed by atoms with Crippen LogP contribution in [0.2, 0.25) is 10.0 Å². The van der Waals surface area contributed by atoms with Crippen molar-refractivity contribution in [3.8, 4) is 11.5 Å². The Morgan fingerprint density at radius 3 is 2.34 bits per heavy atom. The number of nitrogen functional groups attached to an aromatic ring is 1. The molecule has 0 aliphatic carbocycles. The van der Waals surface area contributed by atoms with Gasteiger partial charge in [0.05, 0.1) is 27.5 Å². The van der Waals surface area contributed by atoms with Crippen LogP contribution in [0.1, 0.15) is 20.7 Å². The first-order valence-electron chi connectivity index (χ1n) is 9.09. The molecule has 32 heavy (non-hydrogen) atoms. The fourth-order valence-corrected chi connectivity index (χ4v) is 3.18. The van der Waals surface area contributed by atoms with Crippen LogP contribution in [0, 0.1) is 0 Å².